The van der Waals surface area contributed by atoms with Gasteiger partial charge >= 0.3 is 0 Å². The van der Waals surface area contributed by atoms with E-state index >= 15 is 0 Å². The highest BCUT2D eigenvalue weighted by Gasteiger charge is 2.31. The Morgan fingerprint density at radius 3 is 1.47 bits per heavy atom. The second kappa shape index (κ2) is 11.4. The molecule has 176 valence electrons. The molecule has 4 N–H and O–H groups in total. The Hall–Kier alpha value is -1.72. The lowest BCUT2D eigenvalue weighted by atomic mass is 9.83. The summed E-state index contributed by atoms with van der Waals surface area (Å²) < 4.78 is 0. The zero-order valence-electron chi connectivity index (χ0n) is 19.9. The highest BCUT2D eigenvalue weighted by molar-refractivity contribution is 5.17. The number of aliphatic hydroxyl groups is 2. The minimum absolute atomic E-state index is 0.338. The van der Waals surface area contributed by atoms with Gasteiger partial charge in [0.25, 0.3) is 0 Å². The summed E-state index contributed by atoms with van der Waals surface area (Å²) in [5.74, 6) is 0. The third-order valence-corrected chi connectivity index (χ3v) is 7.11. The summed E-state index contributed by atoms with van der Waals surface area (Å²) in [6.45, 7) is 5.81. The average molecular weight is 439 g/mol. The van der Waals surface area contributed by atoms with Crippen molar-refractivity contribution in [3.63, 3.8) is 0 Å². The zero-order valence-corrected chi connectivity index (χ0v) is 19.9. The number of hydrogen-bond acceptors (Lipinski definition) is 4. The van der Waals surface area contributed by atoms with Gasteiger partial charge in [-0.3, -0.25) is 4.90 Å². The van der Waals surface area contributed by atoms with Gasteiger partial charge in [0.2, 0.25) is 0 Å². The normalized spacial score (nSPS) is 30.4. The first-order chi connectivity index (χ1) is 15.2. The molecule has 2 fully saturated rings. The number of nitrogens with zero attached hydrogens (tertiary/aromatic N) is 1. The van der Waals surface area contributed by atoms with E-state index in [1.807, 2.05) is 13.8 Å². The maximum absolute atomic E-state index is 10.2. The van der Waals surface area contributed by atoms with Gasteiger partial charge in [0.05, 0.1) is 11.2 Å². The summed E-state index contributed by atoms with van der Waals surface area (Å²) >= 11 is 0. The topological polar surface area (TPSA) is 69.7 Å². The molecule has 0 unspecified atom stereocenters. The Bertz CT molecular complexity index is 730. The lowest BCUT2D eigenvalue weighted by Crippen LogP contribution is -2.41. The van der Waals surface area contributed by atoms with E-state index in [2.05, 4.69) is 65.6 Å². The summed E-state index contributed by atoms with van der Waals surface area (Å²) in [5.41, 5.74) is 7.48. The molecule has 0 amide bonds. The molecule has 2 aromatic rings. The van der Waals surface area contributed by atoms with E-state index in [1.54, 1.807) is 0 Å². The first-order valence-electron chi connectivity index (χ1n) is 12.2. The first kappa shape index (κ1) is 24.9. The minimum Gasteiger partial charge on any atom is -0.390 e. The lowest BCUT2D eigenvalue weighted by molar-refractivity contribution is -0.00837. The Kier molecular flexibility index (Phi) is 8.89. The molecule has 4 heteroatoms. The second-order valence-corrected chi connectivity index (χ2v) is 10.4. The van der Waals surface area contributed by atoms with Crippen LogP contribution in [0.2, 0.25) is 0 Å². The van der Waals surface area contributed by atoms with Crippen molar-refractivity contribution in [3.8, 4) is 0 Å². The first-order valence-corrected chi connectivity index (χ1v) is 12.2. The Labute approximate surface area is 194 Å². The molecular formula is C28H42N2O2. The molecule has 2 saturated carbocycles. The minimum atomic E-state index is -0.471. The van der Waals surface area contributed by atoms with Gasteiger partial charge in [0, 0.05) is 25.2 Å². The van der Waals surface area contributed by atoms with Crippen molar-refractivity contribution in [1.82, 2.24) is 4.90 Å². The van der Waals surface area contributed by atoms with E-state index in [9.17, 15) is 10.2 Å². The highest BCUT2D eigenvalue weighted by Crippen LogP contribution is 2.32. The maximum Gasteiger partial charge on any atom is 0.0621 e. The Morgan fingerprint density at radius 2 is 1.09 bits per heavy atom. The van der Waals surface area contributed by atoms with E-state index in [4.69, 9.17) is 5.73 Å². The summed E-state index contributed by atoms with van der Waals surface area (Å²) in [7, 11) is 0. The van der Waals surface area contributed by atoms with Crippen LogP contribution in [-0.4, -0.2) is 38.4 Å². The average Bonchev–Trinajstić information content (AvgIpc) is 2.77. The Balaban J connectivity index is 0.000000269. The zero-order chi connectivity index (χ0) is 23.0. The van der Waals surface area contributed by atoms with Crippen LogP contribution in [0.3, 0.4) is 0 Å². The summed E-state index contributed by atoms with van der Waals surface area (Å²) in [4.78, 5) is 2.58. The van der Waals surface area contributed by atoms with Crippen molar-refractivity contribution in [1.29, 1.82) is 0 Å². The summed E-state index contributed by atoms with van der Waals surface area (Å²) in [6.07, 6.45) is 7.65. The third-order valence-electron chi connectivity index (χ3n) is 7.11. The van der Waals surface area contributed by atoms with Crippen molar-refractivity contribution in [3.05, 3.63) is 71.8 Å². The fourth-order valence-corrected chi connectivity index (χ4v) is 4.80. The predicted octanol–water partition coefficient (Wildman–Crippen LogP) is 5.02. The van der Waals surface area contributed by atoms with Gasteiger partial charge in [0.1, 0.15) is 0 Å². The molecule has 32 heavy (non-hydrogen) atoms. The predicted molar refractivity (Wildman–Crippen MR) is 132 cm³/mol. The molecule has 0 radical (unpaired) electrons. The number of hydrogen-bond donors (Lipinski definition) is 3. The van der Waals surface area contributed by atoms with Crippen LogP contribution in [0.4, 0.5) is 0 Å². The summed E-state index contributed by atoms with van der Waals surface area (Å²) in [6, 6.07) is 22.3. The van der Waals surface area contributed by atoms with Gasteiger partial charge in [0.15, 0.2) is 0 Å². The molecule has 4 nitrogen and oxygen atoms in total. The highest BCUT2D eigenvalue weighted by atomic mass is 16.3. The SMILES string of the molecule is C[C@]1(O)CC[C@H](N(Cc2ccccc2)Cc2ccccc2)CC1.C[C@]1(O)CC[C@H](N)CC1. The van der Waals surface area contributed by atoms with Gasteiger partial charge < -0.3 is 15.9 Å². The molecule has 0 aliphatic heterocycles. The van der Waals surface area contributed by atoms with Crippen LogP contribution in [0.1, 0.15) is 76.3 Å². The van der Waals surface area contributed by atoms with Crippen LogP contribution >= 0.6 is 0 Å². The molecule has 2 aliphatic rings. The number of rotatable bonds is 5. The second-order valence-electron chi connectivity index (χ2n) is 10.4. The van der Waals surface area contributed by atoms with E-state index in [-0.39, 0.29) is 0 Å². The summed E-state index contributed by atoms with van der Waals surface area (Å²) in [5, 5.41) is 19.7. The van der Waals surface area contributed by atoms with Crippen molar-refractivity contribution >= 4 is 0 Å². The molecule has 0 aromatic heterocycles. The quantitative estimate of drug-likeness (QED) is 0.613. The van der Waals surface area contributed by atoms with E-state index in [1.165, 1.54) is 11.1 Å². The van der Waals surface area contributed by atoms with Crippen LogP contribution < -0.4 is 5.73 Å². The van der Waals surface area contributed by atoms with E-state index < -0.39 is 11.2 Å². The van der Waals surface area contributed by atoms with Crippen molar-refractivity contribution in [2.75, 3.05) is 0 Å². The van der Waals surface area contributed by atoms with Crippen LogP contribution in [0.5, 0.6) is 0 Å². The van der Waals surface area contributed by atoms with Gasteiger partial charge in [-0.15, -0.1) is 0 Å². The molecule has 2 aromatic carbocycles. The van der Waals surface area contributed by atoms with Crippen molar-refractivity contribution in [2.45, 2.75) is 102 Å². The third kappa shape index (κ3) is 8.32. The molecule has 2 aliphatic carbocycles. The standard InChI is InChI=1S/C21H27NO.C7H15NO/c1-21(23)14-12-20(13-15-21)22(16-18-8-4-2-5-9-18)17-19-10-6-3-7-11-19;1-7(9)4-2-6(8)3-5-7/h2-11,20,23H,12-17H2,1H3;6,9H,2-5,8H2,1H3/t20-,21-;6-,7-. The van der Waals surface area contributed by atoms with Crippen LogP contribution in [-0.2, 0) is 13.1 Å². The van der Waals surface area contributed by atoms with E-state index in [0.29, 0.717) is 12.1 Å². The van der Waals surface area contributed by atoms with Gasteiger partial charge in [-0.25, -0.2) is 0 Å². The van der Waals surface area contributed by atoms with Gasteiger partial charge in [-0.1, -0.05) is 60.7 Å². The van der Waals surface area contributed by atoms with Gasteiger partial charge in [-0.05, 0) is 76.3 Å². The van der Waals surface area contributed by atoms with E-state index in [0.717, 1.165) is 64.5 Å². The molecular weight excluding hydrogens is 396 g/mol. The van der Waals surface area contributed by atoms with Crippen LogP contribution in [0.15, 0.2) is 60.7 Å². The van der Waals surface area contributed by atoms with Crippen molar-refractivity contribution < 1.29 is 10.2 Å². The van der Waals surface area contributed by atoms with Crippen molar-refractivity contribution in [2.24, 2.45) is 5.73 Å². The molecule has 4 rings (SSSR count). The smallest absolute Gasteiger partial charge is 0.0621 e. The molecule has 0 atom stereocenters. The maximum atomic E-state index is 10.2. The lowest BCUT2D eigenvalue weighted by Gasteiger charge is -2.39. The molecule has 0 spiro atoms. The largest absolute Gasteiger partial charge is 0.390 e. The van der Waals surface area contributed by atoms with Gasteiger partial charge in [-0.2, -0.15) is 0 Å². The molecule has 0 saturated heterocycles. The van der Waals surface area contributed by atoms with Crippen LogP contribution in [0.25, 0.3) is 0 Å². The Morgan fingerprint density at radius 1 is 0.719 bits per heavy atom. The van der Waals surface area contributed by atoms with Crippen LogP contribution in [0, 0.1) is 0 Å². The fourth-order valence-electron chi connectivity index (χ4n) is 4.80. The number of benzene rings is 2. The molecule has 0 bridgehead atoms. The molecule has 0 heterocycles. The fraction of sp³-hybridized carbons (Fsp3) is 0.571. The number of nitrogens with two attached hydrogens (primary N) is 1. The monoisotopic (exact) mass is 438 g/mol.